The van der Waals surface area contributed by atoms with E-state index in [2.05, 4.69) is 5.32 Å². The molecule has 0 aliphatic carbocycles. The van der Waals surface area contributed by atoms with Crippen molar-refractivity contribution in [3.8, 4) is 0 Å². The highest BCUT2D eigenvalue weighted by atomic mass is 16.6. The zero-order valence-electron chi connectivity index (χ0n) is 12.8. The van der Waals surface area contributed by atoms with Crippen molar-refractivity contribution < 1.29 is 14.5 Å². The number of non-ortho nitro benzene ring substituents is 1. The molecule has 7 nitrogen and oxygen atoms in total. The molecule has 1 aromatic carbocycles. The molecule has 116 valence electrons. The van der Waals surface area contributed by atoms with E-state index >= 15 is 0 Å². The van der Waals surface area contributed by atoms with Crippen LogP contribution in [-0.2, 0) is 4.74 Å². The van der Waals surface area contributed by atoms with Crippen LogP contribution in [0.25, 0.3) is 0 Å². The number of methoxy groups -OCH3 is 1. The summed E-state index contributed by atoms with van der Waals surface area (Å²) in [5.74, 6) is -0.255. The molecule has 1 aromatic rings. The first-order chi connectivity index (χ1) is 9.96. The Kier molecular flexibility index (Phi) is 6.10. The molecule has 1 rings (SSSR count). The maximum absolute atomic E-state index is 12.7. The van der Waals surface area contributed by atoms with Gasteiger partial charge in [0, 0.05) is 38.5 Å². The highest BCUT2D eigenvalue weighted by Gasteiger charge is 2.24. The fourth-order valence-corrected chi connectivity index (χ4v) is 2.18. The summed E-state index contributed by atoms with van der Waals surface area (Å²) in [7, 11) is 3.24. The molecule has 0 radical (unpaired) electrons. The van der Waals surface area contributed by atoms with Crippen LogP contribution < -0.4 is 5.32 Å². The van der Waals surface area contributed by atoms with Crippen LogP contribution in [0.2, 0.25) is 0 Å². The van der Waals surface area contributed by atoms with E-state index in [0.717, 1.165) is 0 Å². The number of carbonyl (C=O) groups is 1. The second-order valence-corrected chi connectivity index (χ2v) is 4.63. The van der Waals surface area contributed by atoms with Gasteiger partial charge < -0.3 is 15.0 Å². The Morgan fingerprint density at radius 3 is 2.67 bits per heavy atom. The number of nitrogens with zero attached hydrogens (tertiary/aromatic N) is 2. The number of nitro benzene ring substituents is 1. The molecular formula is C14H21N3O4. The molecule has 0 aromatic heterocycles. The zero-order chi connectivity index (χ0) is 16.0. The number of nitro groups is 1. The number of likely N-dealkylation sites (N-methyl/N-ethyl adjacent to an activating group) is 1. The number of carbonyl (C=O) groups excluding carboxylic acids is 1. The zero-order valence-corrected chi connectivity index (χ0v) is 12.8. The van der Waals surface area contributed by atoms with Crippen molar-refractivity contribution in [2.45, 2.75) is 19.9 Å². The summed E-state index contributed by atoms with van der Waals surface area (Å²) in [5, 5.41) is 13.8. The average Bonchev–Trinajstić information content (AvgIpc) is 2.47. The second kappa shape index (κ2) is 7.58. The summed E-state index contributed by atoms with van der Waals surface area (Å²) in [6, 6.07) is 4.10. The van der Waals surface area contributed by atoms with E-state index < -0.39 is 4.92 Å². The summed E-state index contributed by atoms with van der Waals surface area (Å²) in [5.41, 5.74) is 0.748. The number of amides is 1. The van der Waals surface area contributed by atoms with E-state index in [1.165, 1.54) is 12.1 Å². The molecule has 0 fully saturated rings. The van der Waals surface area contributed by atoms with Crippen molar-refractivity contribution in [1.82, 2.24) is 4.90 Å². The number of benzene rings is 1. The van der Waals surface area contributed by atoms with E-state index in [1.54, 1.807) is 25.1 Å². The van der Waals surface area contributed by atoms with Gasteiger partial charge in [-0.05, 0) is 19.9 Å². The largest absolute Gasteiger partial charge is 0.387 e. The third-order valence-electron chi connectivity index (χ3n) is 3.26. The summed E-state index contributed by atoms with van der Waals surface area (Å²) in [6.07, 6.45) is 0. The van der Waals surface area contributed by atoms with Crippen LogP contribution in [-0.4, -0.2) is 49.1 Å². The van der Waals surface area contributed by atoms with Crippen molar-refractivity contribution in [1.29, 1.82) is 0 Å². The number of anilines is 1. The van der Waals surface area contributed by atoms with Gasteiger partial charge in [0.2, 0.25) is 0 Å². The third kappa shape index (κ3) is 3.91. The minimum absolute atomic E-state index is 0.104. The number of rotatable bonds is 7. The quantitative estimate of drug-likeness (QED) is 0.615. The molecule has 1 N–H and O–H groups in total. The number of nitrogens with one attached hydrogen (secondary N) is 1. The molecule has 1 unspecified atom stereocenters. The van der Waals surface area contributed by atoms with Gasteiger partial charge in [-0.25, -0.2) is 0 Å². The molecule has 0 saturated heterocycles. The molecular weight excluding hydrogens is 274 g/mol. The third-order valence-corrected chi connectivity index (χ3v) is 3.26. The van der Waals surface area contributed by atoms with Gasteiger partial charge in [-0.1, -0.05) is 0 Å². The molecule has 7 heteroatoms. The monoisotopic (exact) mass is 295 g/mol. The topological polar surface area (TPSA) is 84.7 Å². The Balaban J connectivity index is 3.19. The molecule has 0 aliphatic heterocycles. The van der Waals surface area contributed by atoms with E-state index in [0.29, 0.717) is 18.8 Å². The first-order valence-corrected chi connectivity index (χ1v) is 6.72. The van der Waals surface area contributed by atoms with Gasteiger partial charge in [-0.2, -0.15) is 0 Å². The summed E-state index contributed by atoms with van der Waals surface area (Å²) >= 11 is 0. The number of ether oxygens (including phenoxy) is 1. The standard InChI is InChI=1S/C14H21N3O4/c1-5-16(10(2)9-21-4)14(18)12-8-11(17(19)20)6-7-13(12)15-3/h6-8,10,15H,5,9H2,1-4H3. The number of hydrogen-bond acceptors (Lipinski definition) is 5. The van der Waals surface area contributed by atoms with E-state index in [4.69, 9.17) is 4.74 Å². The molecule has 0 saturated carbocycles. The van der Waals surface area contributed by atoms with Crippen LogP contribution in [0, 0.1) is 10.1 Å². The SMILES string of the molecule is CCN(C(=O)c1cc([N+](=O)[O-])ccc1NC)C(C)COC. The van der Waals surface area contributed by atoms with Crippen LogP contribution in [0.5, 0.6) is 0 Å². The fraction of sp³-hybridized carbons (Fsp3) is 0.500. The highest BCUT2D eigenvalue weighted by Crippen LogP contribution is 2.24. The fourth-order valence-electron chi connectivity index (χ4n) is 2.18. The van der Waals surface area contributed by atoms with Crippen LogP contribution >= 0.6 is 0 Å². The Labute approximate surface area is 124 Å². The van der Waals surface area contributed by atoms with Crippen LogP contribution in [0.4, 0.5) is 11.4 Å². The van der Waals surface area contributed by atoms with Gasteiger partial charge in [0.25, 0.3) is 11.6 Å². The molecule has 0 bridgehead atoms. The first-order valence-electron chi connectivity index (χ1n) is 6.72. The van der Waals surface area contributed by atoms with E-state index in [-0.39, 0.29) is 23.2 Å². The van der Waals surface area contributed by atoms with Crippen molar-refractivity contribution in [2.75, 3.05) is 32.6 Å². The number of hydrogen-bond donors (Lipinski definition) is 1. The average molecular weight is 295 g/mol. The smallest absolute Gasteiger partial charge is 0.270 e. The lowest BCUT2D eigenvalue weighted by Crippen LogP contribution is -2.41. The highest BCUT2D eigenvalue weighted by molar-refractivity contribution is 6.00. The van der Waals surface area contributed by atoms with Gasteiger partial charge in [0.1, 0.15) is 0 Å². The first kappa shape index (κ1) is 16.9. The minimum atomic E-state index is -0.509. The van der Waals surface area contributed by atoms with Gasteiger partial charge in [-0.15, -0.1) is 0 Å². The lowest BCUT2D eigenvalue weighted by Gasteiger charge is -2.28. The second-order valence-electron chi connectivity index (χ2n) is 4.63. The van der Waals surface area contributed by atoms with Crippen molar-refractivity contribution in [2.24, 2.45) is 0 Å². The molecule has 0 aliphatic rings. The van der Waals surface area contributed by atoms with Crippen molar-refractivity contribution >= 4 is 17.3 Å². The molecule has 21 heavy (non-hydrogen) atoms. The van der Waals surface area contributed by atoms with Gasteiger partial charge in [0.05, 0.1) is 23.1 Å². The van der Waals surface area contributed by atoms with Gasteiger partial charge in [-0.3, -0.25) is 14.9 Å². The maximum Gasteiger partial charge on any atom is 0.270 e. The molecule has 0 spiro atoms. The Hall–Kier alpha value is -2.15. The summed E-state index contributed by atoms with van der Waals surface area (Å²) < 4.78 is 5.07. The minimum Gasteiger partial charge on any atom is -0.387 e. The lowest BCUT2D eigenvalue weighted by molar-refractivity contribution is -0.384. The van der Waals surface area contributed by atoms with Crippen molar-refractivity contribution in [3.05, 3.63) is 33.9 Å². The van der Waals surface area contributed by atoms with Gasteiger partial charge >= 0.3 is 0 Å². The predicted octanol–water partition coefficient (Wildman–Crippen LogP) is 2.13. The Morgan fingerprint density at radius 1 is 1.52 bits per heavy atom. The summed E-state index contributed by atoms with van der Waals surface area (Å²) in [6.45, 7) is 4.64. The normalized spacial score (nSPS) is 11.8. The van der Waals surface area contributed by atoms with Crippen molar-refractivity contribution in [3.63, 3.8) is 0 Å². The molecule has 0 heterocycles. The van der Waals surface area contributed by atoms with Gasteiger partial charge in [0.15, 0.2) is 0 Å². The predicted molar refractivity (Wildman–Crippen MR) is 80.7 cm³/mol. The summed E-state index contributed by atoms with van der Waals surface area (Å²) in [4.78, 5) is 24.7. The van der Waals surface area contributed by atoms with E-state index in [9.17, 15) is 14.9 Å². The Bertz CT molecular complexity index is 519. The molecule has 1 atom stereocenters. The van der Waals surface area contributed by atoms with Crippen LogP contribution in [0.3, 0.4) is 0 Å². The lowest BCUT2D eigenvalue weighted by atomic mass is 10.1. The van der Waals surface area contributed by atoms with Crippen LogP contribution in [0.15, 0.2) is 18.2 Å². The van der Waals surface area contributed by atoms with E-state index in [1.807, 2.05) is 13.8 Å². The maximum atomic E-state index is 12.7. The Morgan fingerprint density at radius 2 is 2.19 bits per heavy atom. The molecule has 1 amide bonds. The van der Waals surface area contributed by atoms with Crippen LogP contribution in [0.1, 0.15) is 24.2 Å².